The summed E-state index contributed by atoms with van der Waals surface area (Å²) in [7, 11) is 1.33. The fraction of sp³-hybridized carbons (Fsp3) is 0.368. The first-order chi connectivity index (χ1) is 11.3. The molecular formula is C19H24N2O3. The molecule has 0 bridgehead atoms. The van der Waals surface area contributed by atoms with Crippen LogP contribution in [0.1, 0.15) is 50.2 Å². The van der Waals surface area contributed by atoms with E-state index in [0.717, 1.165) is 11.3 Å². The molecule has 0 aliphatic heterocycles. The average Bonchev–Trinajstić information content (AvgIpc) is 2.83. The molecule has 5 heteroatoms. The third-order valence-electron chi connectivity index (χ3n) is 4.22. The number of benzene rings is 1. The molecule has 2 rings (SSSR count). The Bertz CT molecular complexity index is 790. The van der Waals surface area contributed by atoms with Crippen LogP contribution in [0.4, 0.5) is 5.69 Å². The van der Waals surface area contributed by atoms with Gasteiger partial charge in [0, 0.05) is 11.4 Å². The summed E-state index contributed by atoms with van der Waals surface area (Å²) >= 11 is 0. The van der Waals surface area contributed by atoms with E-state index in [2.05, 4.69) is 16.4 Å². The number of rotatable bonds is 5. The van der Waals surface area contributed by atoms with Crippen molar-refractivity contribution in [3.63, 3.8) is 0 Å². The second-order valence-electron chi connectivity index (χ2n) is 6.17. The van der Waals surface area contributed by atoms with Crippen molar-refractivity contribution in [1.82, 2.24) is 4.98 Å². The summed E-state index contributed by atoms with van der Waals surface area (Å²) in [6.07, 6.45) is 0. The zero-order valence-corrected chi connectivity index (χ0v) is 15.0. The van der Waals surface area contributed by atoms with E-state index in [-0.39, 0.29) is 5.78 Å². The standard InChI is InChI=1S/C19H24N2O3/c1-10-7-8-15(11(2)9-10)20-14(5)18(22)17-12(3)16(13(4)21-17)19(23)24-6/h7-9,14,20-21H,1-6H3. The summed E-state index contributed by atoms with van der Waals surface area (Å²) in [4.78, 5) is 27.7. The molecule has 0 saturated heterocycles. The van der Waals surface area contributed by atoms with Gasteiger partial charge in [-0.05, 0) is 51.8 Å². The van der Waals surface area contributed by atoms with Crippen molar-refractivity contribution in [3.05, 3.63) is 51.8 Å². The maximum Gasteiger partial charge on any atom is 0.339 e. The van der Waals surface area contributed by atoms with Gasteiger partial charge >= 0.3 is 5.97 Å². The Kier molecular flexibility index (Phi) is 5.12. The van der Waals surface area contributed by atoms with Crippen molar-refractivity contribution >= 4 is 17.4 Å². The molecule has 128 valence electrons. The fourth-order valence-electron chi connectivity index (χ4n) is 2.90. The van der Waals surface area contributed by atoms with Gasteiger partial charge in [-0.25, -0.2) is 4.79 Å². The van der Waals surface area contributed by atoms with Crippen molar-refractivity contribution in [2.75, 3.05) is 12.4 Å². The first kappa shape index (κ1) is 17.8. The van der Waals surface area contributed by atoms with Crippen LogP contribution in [0.15, 0.2) is 18.2 Å². The van der Waals surface area contributed by atoms with E-state index >= 15 is 0 Å². The summed E-state index contributed by atoms with van der Waals surface area (Å²) in [6.45, 7) is 9.37. The number of Topliss-reactive ketones (excluding diaryl/α,β-unsaturated/α-hetero) is 1. The molecule has 5 nitrogen and oxygen atoms in total. The van der Waals surface area contributed by atoms with Crippen LogP contribution < -0.4 is 5.32 Å². The minimum atomic E-state index is -0.435. The van der Waals surface area contributed by atoms with Crippen molar-refractivity contribution in [1.29, 1.82) is 0 Å². The smallest absolute Gasteiger partial charge is 0.339 e. The van der Waals surface area contributed by atoms with Crippen LogP contribution in [-0.4, -0.2) is 29.9 Å². The number of anilines is 1. The van der Waals surface area contributed by atoms with Gasteiger partial charge in [0.05, 0.1) is 24.4 Å². The number of nitrogens with one attached hydrogen (secondary N) is 2. The van der Waals surface area contributed by atoms with E-state index in [1.807, 2.05) is 32.9 Å². The number of esters is 1. The third-order valence-corrected chi connectivity index (χ3v) is 4.22. The molecule has 0 spiro atoms. The van der Waals surface area contributed by atoms with Crippen molar-refractivity contribution < 1.29 is 14.3 Å². The van der Waals surface area contributed by atoms with Gasteiger partial charge in [-0.3, -0.25) is 4.79 Å². The Morgan fingerprint density at radius 3 is 2.42 bits per heavy atom. The highest BCUT2D eigenvalue weighted by Gasteiger charge is 2.25. The topological polar surface area (TPSA) is 71.2 Å². The molecule has 0 radical (unpaired) electrons. The second kappa shape index (κ2) is 6.91. The van der Waals surface area contributed by atoms with Gasteiger partial charge in [0.2, 0.25) is 5.78 Å². The molecule has 0 fully saturated rings. The lowest BCUT2D eigenvalue weighted by molar-refractivity contribution is 0.0599. The predicted octanol–water partition coefficient (Wildman–Crippen LogP) is 3.72. The molecule has 1 unspecified atom stereocenters. The molecule has 1 aromatic heterocycles. The number of aryl methyl sites for hydroxylation is 3. The number of H-pyrrole nitrogens is 1. The average molecular weight is 328 g/mol. The quantitative estimate of drug-likeness (QED) is 0.648. The predicted molar refractivity (Wildman–Crippen MR) is 94.9 cm³/mol. The van der Waals surface area contributed by atoms with Gasteiger partial charge in [-0.15, -0.1) is 0 Å². The van der Waals surface area contributed by atoms with E-state index < -0.39 is 12.0 Å². The molecule has 2 N–H and O–H groups in total. The molecule has 1 heterocycles. The molecule has 0 aliphatic carbocycles. The minimum Gasteiger partial charge on any atom is -0.465 e. The summed E-state index contributed by atoms with van der Waals surface area (Å²) in [5.74, 6) is -0.527. The second-order valence-corrected chi connectivity index (χ2v) is 6.17. The molecule has 0 amide bonds. The SMILES string of the molecule is COC(=O)c1c(C)[nH]c(C(=O)C(C)Nc2ccc(C)cc2C)c1C. The summed E-state index contributed by atoms with van der Waals surface area (Å²) < 4.78 is 4.79. The summed E-state index contributed by atoms with van der Waals surface area (Å²) in [6, 6.07) is 5.63. The number of methoxy groups -OCH3 is 1. The molecule has 1 atom stereocenters. The van der Waals surface area contributed by atoms with Crippen LogP contribution in [0.2, 0.25) is 0 Å². The van der Waals surface area contributed by atoms with Gasteiger partial charge in [-0.2, -0.15) is 0 Å². The van der Waals surface area contributed by atoms with Crippen LogP contribution in [-0.2, 0) is 4.74 Å². The number of aromatic amines is 1. The number of ether oxygens (including phenoxy) is 1. The maximum absolute atomic E-state index is 12.8. The minimum absolute atomic E-state index is 0.0919. The van der Waals surface area contributed by atoms with Crippen molar-refractivity contribution in [3.8, 4) is 0 Å². The van der Waals surface area contributed by atoms with Crippen LogP contribution in [0.3, 0.4) is 0 Å². The lowest BCUT2D eigenvalue weighted by Gasteiger charge is -2.16. The van der Waals surface area contributed by atoms with E-state index in [4.69, 9.17) is 4.74 Å². The lowest BCUT2D eigenvalue weighted by Crippen LogP contribution is -2.27. The van der Waals surface area contributed by atoms with Crippen LogP contribution in [0.25, 0.3) is 0 Å². The van der Waals surface area contributed by atoms with E-state index in [1.54, 1.807) is 13.8 Å². The maximum atomic E-state index is 12.8. The van der Waals surface area contributed by atoms with Crippen LogP contribution in [0.5, 0.6) is 0 Å². The van der Waals surface area contributed by atoms with Crippen LogP contribution >= 0.6 is 0 Å². The number of aromatic nitrogens is 1. The summed E-state index contributed by atoms with van der Waals surface area (Å²) in [5, 5.41) is 3.25. The van der Waals surface area contributed by atoms with E-state index in [0.29, 0.717) is 22.5 Å². The van der Waals surface area contributed by atoms with Crippen LogP contribution in [0, 0.1) is 27.7 Å². The molecule has 24 heavy (non-hydrogen) atoms. The van der Waals surface area contributed by atoms with Crippen molar-refractivity contribution in [2.24, 2.45) is 0 Å². The third kappa shape index (κ3) is 3.35. The zero-order chi connectivity index (χ0) is 18.0. The van der Waals surface area contributed by atoms with Gasteiger partial charge < -0.3 is 15.0 Å². The highest BCUT2D eigenvalue weighted by Crippen LogP contribution is 2.22. The Morgan fingerprint density at radius 1 is 1.17 bits per heavy atom. The largest absolute Gasteiger partial charge is 0.465 e. The normalized spacial score (nSPS) is 11.9. The summed E-state index contributed by atoms with van der Waals surface area (Å²) in [5.41, 5.74) is 5.33. The lowest BCUT2D eigenvalue weighted by atomic mass is 10.0. The number of hydrogen-bond donors (Lipinski definition) is 2. The monoisotopic (exact) mass is 328 g/mol. The van der Waals surface area contributed by atoms with Crippen molar-refractivity contribution in [2.45, 2.75) is 40.7 Å². The molecule has 2 aromatic rings. The van der Waals surface area contributed by atoms with E-state index in [1.165, 1.54) is 12.7 Å². The Hall–Kier alpha value is -2.56. The fourth-order valence-corrected chi connectivity index (χ4v) is 2.90. The van der Waals surface area contributed by atoms with Gasteiger partial charge in [0.15, 0.2) is 0 Å². The first-order valence-corrected chi connectivity index (χ1v) is 7.91. The highest BCUT2D eigenvalue weighted by atomic mass is 16.5. The first-order valence-electron chi connectivity index (χ1n) is 7.91. The molecule has 1 aromatic carbocycles. The Balaban J connectivity index is 2.27. The number of carbonyl (C=O) groups excluding carboxylic acids is 2. The Morgan fingerprint density at radius 2 is 1.83 bits per heavy atom. The number of ketones is 1. The molecular weight excluding hydrogens is 304 g/mol. The number of carbonyl (C=O) groups is 2. The molecule has 0 saturated carbocycles. The van der Waals surface area contributed by atoms with Gasteiger partial charge in [0.1, 0.15) is 0 Å². The highest BCUT2D eigenvalue weighted by molar-refractivity contribution is 6.04. The Labute approximate surface area is 142 Å². The molecule has 0 aliphatic rings. The van der Waals surface area contributed by atoms with Gasteiger partial charge in [0.25, 0.3) is 0 Å². The zero-order valence-electron chi connectivity index (χ0n) is 15.0. The van der Waals surface area contributed by atoms with E-state index in [9.17, 15) is 9.59 Å². The number of hydrogen-bond acceptors (Lipinski definition) is 4. The van der Waals surface area contributed by atoms with Gasteiger partial charge in [-0.1, -0.05) is 17.7 Å².